The molecule has 168 valence electrons. The van der Waals surface area contributed by atoms with E-state index in [0.29, 0.717) is 29.1 Å². The maximum Gasteiger partial charge on any atom is 0.313 e. The topological polar surface area (TPSA) is 90.3 Å². The minimum Gasteiger partial charge on any atom is -0.466 e. The highest BCUT2D eigenvalue weighted by atomic mass is 32.1. The quantitative estimate of drug-likeness (QED) is 0.571. The number of fused-ring (bicyclic) bond motifs is 3. The number of rotatable bonds is 6. The summed E-state index contributed by atoms with van der Waals surface area (Å²) in [5.41, 5.74) is 2.25. The number of thiophene rings is 1. The van der Waals surface area contributed by atoms with E-state index in [0.717, 1.165) is 41.0 Å². The SMILES string of the molecule is CCOC(=O)C1CCCc2sc3nc(C)n(CC(=O)Nc4ccccc4CC)c(=O)c3c21. The second-order valence-electron chi connectivity index (χ2n) is 7.93. The zero-order valence-corrected chi connectivity index (χ0v) is 19.4. The van der Waals surface area contributed by atoms with E-state index in [4.69, 9.17) is 4.74 Å². The van der Waals surface area contributed by atoms with E-state index in [1.807, 2.05) is 31.2 Å². The molecule has 1 unspecified atom stereocenters. The number of benzene rings is 1. The van der Waals surface area contributed by atoms with Crippen molar-refractivity contribution >= 4 is 39.1 Å². The van der Waals surface area contributed by atoms with Crippen molar-refractivity contribution in [3.8, 4) is 0 Å². The van der Waals surface area contributed by atoms with Crippen LogP contribution in [-0.2, 0) is 33.7 Å². The molecule has 0 saturated carbocycles. The second-order valence-corrected chi connectivity index (χ2v) is 9.01. The molecule has 2 heterocycles. The molecule has 4 rings (SSSR count). The van der Waals surface area contributed by atoms with Crippen LogP contribution < -0.4 is 10.9 Å². The minimum absolute atomic E-state index is 0.139. The van der Waals surface area contributed by atoms with E-state index in [1.165, 1.54) is 15.9 Å². The van der Waals surface area contributed by atoms with Crippen molar-refractivity contribution in [2.45, 2.75) is 58.9 Å². The summed E-state index contributed by atoms with van der Waals surface area (Å²) < 4.78 is 6.67. The molecule has 0 spiro atoms. The van der Waals surface area contributed by atoms with E-state index in [1.54, 1.807) is 13.8 Å². The van der Waals surface area contributed by atoms with Gasteiger partial charge < -0.3 is 10.1 Å². The highest BCUT2D eigenvalue weighted by Gasteiger charge is 2.33. The molecule has 0 bridgehead atoms. The zero-order chi connectivity index (χ0) is 22.8. The molecule has 0 saturated heterocycles. The normalized spacial score (nSPS) is 15.4. The number of hydrogen-bond acceptors (Lipinski definition) is 6. The van der Waals surface area contributed by atoms with Gasteiger partial charge in [0, 0.05) is 10.6 Å². The third-order valence-electron chi connectivity index (χ3n) is 5.91. The van der Waals surface area contributed by atoms with Crippen molar-refractivity contribution in [2.75, 3.05) is 11.9 Å². The van der Waals surface area contributed by atoms with Crippen molar-refractivity contribution in [2.24, 2.45) is 0 Å². The molecule has 8 heteroatoms. The third-order valence-corrected chi connectivity index (χ3v) is 7.07. The summed E-state index contributed by atoms with van der Waals surface area (Å²) >= 11 is 1.47. The Balaban J connectivity index is 1.72. The van der Waals surface area contributed by atoms with Crippen LogP contribution in [0.1, 0.15) is 54.4 Å². The van der Waals surface area contributed by atoms with E-state index in [9.17, 15) is 14.4 Å². The molecule has 1 amide bonds. The van der Waals surface area contributed by atoms with Gasteiger partial charge in [0.2, 0.25) is 5.91 Å². The number of hydrogen-bond donors (Lipinski definition) is 1. The van der Waals surface area contributed by atoms with Gasteiger partial charge in [0.25, 0.3) is 5.56 Å². The Morgan fingerprint density at radius 1 is 1.28 bits per heavy atom. The van der Waals surface area contributed by atoms with Gasteiger partial charge in [-0.3, -0.25) is 19.0 Å². The summed E-state index contributed by atoms with van der Waals surface area (Å²) in [6.45, 7) is 5.70. The lowest BCUT2D eigenvalue weighted by Crippen LogP contribution is -2.31. The molecular formula is C24H27N3O4S. The first-order valence-electron chi connectivity index (χ1n) is 11.0. The lowest BCUT2D eigenvalue weighted by molar-refractivity contribution is -0.145. The fourth-order valence-corrected chi connectivity index (χ4v) is 5.68. The van der Waals surface area contributed by atoms with Gasteiger partial charge in [-0.2, -0.15) is 0 Å². The lowest BCUT2D eigenvalue weighted by Gasteiger charge is -2.21. The highest BCUT2D eigenvalue weighted by molar-refractivity contribution is 7.18. The molecule has 2 aromatic heterocycles. The molecule has 1 aliphatic carbocycles. The maximum absolute atomic E-state index is 13.5. The molecule has 0 radical (unpaired) electrons. The van der Waals surface area contributed by atoms with E-state index >= 15 is 0 Å². The van der Waals surface area contributed by atoms with E-state index in [2.05, 4.69) is 10.3 Å². The number of carbonyl (C=O) groups is 2. The molecule has 1 aliphatic rings. The Morgan fingerprint density at radius 3 is 2.81 bits per heavy atom. The molecule has 1 N–H and O–H groups in total. The Hall–Kier alpha value is -3.00. The molecule has 1 atom stereocenters. The number of aromatic nitrogens is 2. The fourth-order valence-electron chi connectivity index (χ4n) is 4.37. The number of aryl methyl sites for hydroxylation is 3. The summed E-state index contributed by atoms with van der Waals surface area (Å²) in [6.07, 6.45) is 3.13. The second kappa shape index (κ2) is 9.24. The Morgan fingerprint density at radius 2 is 2.06 bits per heavy atom. The largest absolute Gasteiger partial charge is 0.466 e. The molecule has 32 heavy (non-hydrogen) atoms. The van der Waals surface area contributed by atoms with Crippen molar-refractivity contribution in [1.82, 2.24) is 9.55 Å². The molecule has 0 fully saturated rings. The first-order valence-corrected chi connectivity index (χ1v) is 11.8. The Kier molecular flexibility index (Phi) is 6.41. The van der Waals surface area contributed by atoms with E-state index in [-0.39, 0.29) is 24.0 Å². The number of anilines is 1. The summed E-state index contributed by atoms with van der Waals surface area (Å²) in [5.74, 6) is -0.562. The van der Waals surface area contributed by atoms with Crippen LogP contribution in [0.3, 0.4) is 0 Å². The van der Waals surface area contributed by atoms with Crippen LogP contribution in [0.25, 0.3) is 10.2 Å². The predicted molar refractivity (Wildman–Crippen MR) is 125 cm³/mol. The van der Waals surface area contributed by atoms with Crippen LogP contribution in [0.2, 0.25) is 0 Å². The van der Waals surface area contributed by atoms with Gasteiger partial charge in [0.15, 0.2) is 0 Å². The smallest absolute Gasteiger partial charge is 0.313 e. The highest BCUT2D eigenvalue weighted by Crippen LogP contribution is 2.41. The van der Waals surface area contributed by atoms with Crippen LogP contribution in [-0.4, -0.2) is 28.0 Å². The van der Waals surface area contributed by atoms with Gasteiger partial charge in [-0.25, -0.2) is 4.98 Å². The van der Waals surface area contributed by atoms with Crippen molar-refractivity contribution in [3.63, 3.8) is 0 Å². The van der Waals surface area contributed by atoms with Gasteiger partial charge in [-0.1, -0.05) is 25.1 Å². The number of esters is 1. The van der Waals surface area contributed by atoms with Gasteiger partial charge in [0.1, 0.15) is 17.2 Å². The molecule has 3 aromatic rings. The number of nitrogens with one attached hydrogen (secondary N) is 1. The Bertz CT molecular complexity index is 1240. The molecule has 1 aromatic carbocycles. The predicted octanol–water partition coefficient (Wildman–Crippen LogP) is 3.95. The monoisotopic (exact) mass is 453 g/mol. The van der Waals surface area contributed by atoms with Crippen LogP contribution in [0.15, 0.2) is 29.1 Å². The van der Waals surface area contributed by atoms with Crippen LogP contribution in [0.5, 0.6) is 0 Å². The first kappa shape index (κ1) is 22.2. The number of ether oxygens (including phenoxy) is 1. The molecule has 7 nitrogen and oxygen atoms in total. The zero-order valence-electron chi connectivity index (χ0n) is 18.6. The summed E-state index contributed by atoms with van der Waals surface area (Å²) in [6, 6.07) is 7.62. The first-order chi connectivity index (χ1) is 15.4. The van der Waals surface area contributed by atoms with Gasteiger partial charge in [-0.15, -0.1) is 11.3 Å². The fraction of sp³-hybridized carbons (Fsp3) is 0.417. The Labute approximate surface area is 190 Å². The summed E-state index contributed by atoms with van der Waals surface area (Å²) in [4.78, 5) is 45.2. The number of carbonyl (C=O) groups excluding carboxylic acids is 2. The van der Waals surface area contributed by atoms with Crippen LogP contribution in [0.4, 0.5) is 5.69 Å². The molecular weight excluding hydrogens is 426 g/mol. The number of amides is 1. The maximum atomic E-state index is 13.5. The van der Waals surface area contributed by atoms with Crippen molar-refractivity contribution in [1.29, 1.82) is 0 Å². The number of para-hydroxylation sites is 1. The average Bonchev–Trinajstić information content (AvgIpc) is 3.15. The summed E-state index contributed by atoms with van der Waals surface area (Å²) in [7, 11) is 0. The molecule has 0 aliphatic heterocycles. The third kappa shape index (κ3) is 4.07. The van der Waals surface area contributed by atoms with Crippen LogP contribution >= 0.6 is 11.3 Å². The van der Waals surface area contributed by atoms with Crippen molar-refractivity contribution < 1.29 is 14.3 Å². The van der Waals surface area contributed by atoms with Gasteiger partial charge >= 0.3 is 5.97 Å². The van der Waals surface area contributed by atoms with Gasteiger partial charge in [0.05, 0.1) is 17.9 Å². The lowest BCUT2D eigenvalue weighted by atomic mass is 9.86. The van der Waals surface area contributed by atoms with Gasteiger partial charge in [-0.05, 0) is 56.7 Å². The number of nitrogens with zero attached hydrogens (tertiary/aromatic N) is 2. The standard InChI is InChI=1S/C24H27N3O4S/c1-4-15-9-6-7-11-17(15)26-19(28)13-27-14(3)25-22-21(23(27)29)20-16(24(30)31-5-2)10-8-12-18(20)32-22/h6-7,9,11,16H,4-5,8,10,12-13H2,1-3H3,(H,26,28). The van der Waals surface area contributed by atoms with Crippen LogP contribution in [0, 0.1) is 6.92 Å². The minimum atomic E-state index is -0.455. The van der Waals surface area contributed by atoms with Crippen molar-refractivity contribution in [3.05, 3.63) is 56.4 Å². The average molecular weight is 454 g/mol. The summed E-state index contributed by atoms with van der Waals surface area (Å²) in [5, 5.41) is 3.37. The van der Waals surface area contributed by atoms with E-state index < -0.39 is 5.92 Å².